The SMILES string of the molecule is CC1CCCN(C(=O)c2cccc(C(=O)NCc3ccccc3)n2)C1. The van der Waals surface area contributed by atoms with E-state index < -0.39 is 0 Å². The molecule has 1 aliphatic rings. The van der Waals surface area contributed by atoms with Crippen LogP contribution in [0.5, 0.6) is 0 Å². The zero-order valence-electron chi connectivity index (χ0n) is 14.4. The Labute approximate surface area is 148 Å². The quantitative estimate of drug-likeness (QED) is 0.933. The molecule has 0 spiro atoms. The number of carbonyl (C=O) groups is 2. The first-order chi connectivity index (χ1) is 12.1. The number of aromatic nitrogens is 1. The van der Waals surface area contributed by atoms with Gasteiger partial charge in [0.1, 0.15) is 11.4 Å². The van der Waals surface area contributed by atoms with Gasteiger partial charge in [-0.1, -0.05) is 43.3 Å². The van der Waals surface area contributed by atoms with Crippen LogP contribution in [0.1, 0.15) is 46.3 Å². The Hall–Kier alpha value is -2.69. The van der Waals surface area contributed by atoms with Crippen LogP contribution in [0.15, 0.2) is 48.5 Å². The molecule has 1 fully saturated rings. The zero-order chi connectivity index (χ0) is 17.6. The van der Waals surface area contributed by atoms with Gasteiger partial charge in [0.05, 0.1) is 0 Å². The van der Waals surface area contributed by atoms with Gasteiger partial charge in [0, 0.05) is 19.6 Å². The van der Waals surface area contributed by atoms with E-state index in [-0.39, 0.29) is 17.5 Å². The molecule has 130 valence electrons. The third-order valence-electron chi connectivity index (χ3n) is 4.44. The Kier molecular flexibility index (Phi) is 5.43. The van der Waals surface area contributed by atoms with E-state index >= 15 is 0 Å². The van der Waals surface area contributed by atoms with Crippen molar-refractivity contribution in [3.8, 4) is 0 Å². The smallest absolute Gasteiger partial charge is 0.272 e. The summed E-state index contributed by atoms with van der Waals surface area (Å²) in [5, 5.41) is 2.84. The number of nitrogens with zero attached hydrogens (tertiary/aromatic N) is 2. The predicted octanol–water partition coefficient (Wildman–Crippen LogP) is 2.88. The number of hydrogen-bond donors (Lipinski definition) is 1. The minimum Gasteiger partial charge on any atom is -0.347 e. The Balaban J connectivity index is 1.66. The summed E-state index contributed by atoms with van der Waals surface area (Å²) in [6.07, 6.45) is 2.17. The van der Waals surface area contributed by atoms with E-state index in [9.17, 15) is 9.59 Å². The van der Waals surface area contributed by atoms with Gasteiger partial charge in [-0.2, -0.15) is 0 Å². The number of amides is 2. The number of nitrogens with one attached hydrogen (secondary N) is 1. The van der Waals surface area contributed by atoms with Crippen molar-refractivity contribution < 1.29 is 9.59 Å². The third-order valence-corrected chi connectivity index (χ3v) is 4.44. The first kappa shape index (κ1) is 17.1. The van der Waals surface area contributed by atoms with Crippen LogP contribution in [0.4, 0.5) is 0 Å². The summed E-state index contributed by atoms with van der Waals surface area (Å²) in [6, 6.07) is 14.7. The molecule has 1 unspecified atom stereocenters. The van der Waals surface area contributed by atoms with Gasteiger partial charge in [0.25, 0.3) is 11.8 Å². The number of rotatable bonds is 4. The molecule has 1 N–H and O–H groups in total. The van der Waals surface area contributed by atoms with Gasteiger partial charge in [-0.05, 0) is 36.5 Å². The van der Waals surface area contributed by atoms with Crippen LogP contribution in [0.3, 0.4) is 0 Å². The number of benzene rings is 1. The number of hydrogen-bond acceptors (Lipinski definition) is 3. The minimum absolute atomic E-state index is 0.0933. The monoisotopic (exact) mass is 337 g/mol. The van der Waals surface area contributed by atoms with Crippen LogP contribution in [0.25, 0.3) is 0 Å². The zero-order valence-corrected chi connectivity index (χ0v) is 14.4. The van der Waals surface area contributed by atoms with Crippen LogP contribution in [-0.2, 0) is 6.54 Å². The maximum absolute atomic E-state index is 12.6. The molecule has 1 saturated heterocycles. The summed E-state index contributed by atoms with van der Waals surface area (Å²) in [4.78, 5) is 31.1. The molecule has 0 radical (unpaired) electrons. The Morgan fingerprint density at radius 1 is 1.12 bits per heavy atom. The number of carbonyl (C=O) groups excluding carboxylic acids is 2. The van der Waals surface area contributed by atoms with E-state index in [0.29, 0.717) is 18.2 Å². The van der Waals surface area contributed by atoms with Gasteiger partial charge in [-0.3, -0.25) is 9.59 Å². The fourth-order valence-electron chi connectivity index (χ4n) is 3.08. The molecule has 0 bridgehead atoms. The van der Waals surface area contributed by atoms with Crippen molar-refractivity contribution in [3.63, 3.8) is 0 Å². The minimum atomic E-state index is -0.273. The molecule has 1 aliphatic heterocycles. The molecule has 1 aromatic heterocycles. The Morgan fingerprint density at radius 2 is 1.88 bits per heavy atom. The van der Waals surface area contributed by atoms with Gasteiger partial charge in [0.15, 0.2) is 0 Å². The van der Waals surface area contributed by atoms with Crippen LogP contribution in [-0.4, -0.2) is 34.8 Å². The maximum Gasteiger partial charge on any atom is 0.272 e. The van der Waals surface area contributed by atoms with E-state index in [2.05, 4.69) is 17.2 Å². The molecule has 2 aromatic rings. The highest BCUT2D eigenvalue weighted by Crippen LogP contribution is 2.17. The summed E-state index contributed by atoms with van der Waals surface area (Å²) in [5.41, 5.74) is 1.62. The second-order valence-corrected chi connectivity index (χ2v) is 6.57. The fourth-order valence-corrected chi connectivity index (χ4v) is 3.08. The largest absolute Gasteiger partial charge is 0.347 e. The van der Waals surface area contributed by atoms with E-state index in [0.717, 1.165) is 31.5 Å². The van der Waals surface area contributed by atoms with Crippen molar-refractivity contribution in [2.24, 2.45) is 5.92 Å². The predicted molar refractivity (Wildman–Crippen MR) is 96.2 cm³/mol. The summed E-state index contributed by atoms with van der Waals surface area (Å²) in [7, 11) is 0. The lowest BCUT2D eigenvalue weighted by molar-refractivity contribution is 0.0677. The molecule has 1 atom stereocenters. The van der Waals surface area contributed by atoms with Crippen LogP contribution in [0, 0.1) is 5.92 Å². The molecule has 0 saturated carbocycles. The molecular weight excluding hydrogens is 314 g/mol. The van der Waals surface area contributed by atoms with E-state index in [1.54, 1.807) is 18.2 Å². The second kappa shape index (κ2) is 7.92. The fraction of sp³-hybridized carbons (Fsp3) is 0.350. The second-order valence-electron chi connectivity index (χ2n) is 6.57. The lowest BCUT2D eigenvalue weighted by Crippen LogP contribution is -2.39. The number of piperidine rings is 1. The van der Waals surface area contributed by atoms with Crippen LogP contribution >= 0.6 is 0 Å². The van der Waals surface area contributed by atoms with Crippen molar-refractivity contribution in [1.29, 1.82) is 0 Å². The molecular formula is C20H23N3O2. The van der Waals surface area contributed by atoms with Crippen molar-refractivity contribution in [3.05, 3.63) is 65.5 Å². The molecule has 2 amide bonds. The Morgan fingerprint density at radius 3 is 2.64 bits per heavy atom. The Bertz CT molecular complexity index is 746. The van der Waals surface area contributed by atoms with Gasteiger partial charge in [-0.25, -0.2) is 4.98 Å². The van der Waals surface area contributed by atoms with Crippen LogP contribution in [0.2, 0.25) is 0 Å². The highest BCUT2D eigenvalue weighted by atomic mass is 16.2. The lowest BCUT2D eigenvalue weighted by Gasteiger charge is -2.30. The van der Waals surface area contributed by atoms with Gasteiger partial charge < -0.3 is 10.2 Å². The summed E-state index contributed by atoms with van der Waals surface area (Å²) >= 11 is 0. The topological polar surface area (TPSA) is 62.3 Å². The average molecular weight is 337 g/mol. The number of pyridine rings is 1. The molecule has 25 heavy (non-hydrogen) atoms. The van der Waals surface area contributed by atoms with Crippen molar-refractivity contribution >= 4 is 11.8 Å². The molecule has 0 aliphatic carbocycles. The van der Waals surface area contributed by atoms with Crippen molar-refractivity contribution in [1.82, 2.24) is 15.2 Å². The summed E-state index contributed by atoms with van der Waals surface area (Å²) < 4.78 is 0. The molecule has 3 rings (SSSR count). The first-order valence-electron chi connectivity index (χ1n) is 8.72. The first-order valence-corrected chi connectivity index (χ1v) is 8.72. The van der Waals surface area contributed by atoms with Crippen LogP contribution < -0.4 is 5.32 Å². The van der Waals surface area contributed by atoms with Gasteiger partial charge >= 0.3 is 0 Å². The standard InChI is InChI=1S/C20H23N3O2/c1-15-7-6-12-23(14-15)20(25)18-11-5-10-17(22-18)19(24)21-13-16-8-3-2-4-9-16/h2-5,8-11,15H,6-7,12-14H2,1H3,(H,21,24). The van der Waals surface area contributed by atoms with Crippen molar-refractivity contribution in [2.45, 2.75) is 26.3 Å². The lowest BCUT2D eigenvalue weighted by atomic mass is 10.00. The third kappa shape index (κ3) is 4.44. The molecule has 5 nitrogen and oxygen atoms in total. The summed E-state index contributed by atoms with van der Waals surface area (Å²) in [5.74, 6) is 0.143. The van der Waals surface area contributed by atoms with E-state index in [1.807, 2.05) is 35.2 Å². The van der Waals surface area contributed by atoms with E-state index in [1.165, 1.54) is 0 Å². The number of likely N-dealkylation sites (tertiary alicyclic amines) is 1. The highest BCUT2D eigenvalue weighted by molar-refractivity contribution is 5.96. The van der Waals surface area contributed by atoms with Gasteiger partial charge in [0.2, 0.25) is 0 Å². The molecule has 1 aromatic carbocycles. The van der Waals surface area contributed by atoms with Crippen molar-refractivity contribution in [2.75, 3.05) is 13.1 Å². The molecule has 5 heteroatoms. The normalized spacial score (nSPS) is 17.2. The maximum atomic E-state index is 12.6. The highest BCUT2D eigenvalue weighted by Gasteiger charge is 2.23. The van der Waals surface area contributed by atoms with E-state index in [4.69, 9.17) is 0 Å². The molecule has 2 heterocycles. The summed E-state index contributed by atoms with van der Waals surface area (Å²) in [6.45, 7) is 4.10. The van der Waals surface area contributed by atoms with Gasteiger partial charge in [-0.15, -0.1) is 0 Å². The average Bonchev–Trinajstić information content (AvgIpc) is 2.66.